The number of nitrogens with zero attached hydrogens (tertiary/aromatic N) is 2. The Balaban J connectivity index is 0.00000182. The average Bonchev–Trinajstić information content (AvgIpc) is 3.30. The van der Waals surface area contributed by atoms with E-state index in [1.165, 1.54) is 0 Å². The third kappa shape index (κ3) is 3.70. The molecule has 1 aliphatic carbocycles. The molecule has 3 heterocycles. The SMILES string of the molecule is Cl.O=C(C1CCCC1)N1CCCC(S(=O)(=O)N2C[C@H]3CNC[C@H]3C2)C1. The summed E-state index contributed by atoms with van der Waals surface area (Å²) in [6.45, 7) is 4.33. The Labute approximate surface area is 157 Å². The number of nitrogens with one attached hydrogen (secondary N) is 1. The molecule has 3 aliphatic heterocycles. The van der Waals surface area contributed by atoms with Gasteiger partial charge >= 0.3 is 0 Å². The van der Waals surface area contributed by atoms with Gasteiger partial charge < -0.3 is 10.2 Å². The quantitative estimate of drug-likeness (QED) is 0.781. The lowest BCUT2D eigenvalue weighted by Gasteiger charge is -2.35. The van der Waals surface area contributed by atoms with Gasteiger partial charge in [0, 0.05) is 32.1 Å². The molecular weight excluding hydrogens is 362 g/mol. The lowest BCUT2D eigenvalue weighted by atomic mass is 10.0. The number of carbonyl (C=O) groups is 1. The Morgan fingerprint density at radius 3 is 2.20 bits per heavy atom. The van der Waals surface area contributed by atoms with Gasteiger partial charge in [0.1, 0.15) is 0 Å². The van der Waals surface area contributed by atoms with E-state index >= 15 is 0 Å². The highest BCUT2D eigenvalue weighted by Crippen LogP contribution is 2.32. The molecule has 144 valence electrons. The maximum absolute atomic E-state index is 13.1. The van der Waals surface area contributed by atoms with E-state index < -0.39 is 15.3 Å². The van der Waals surface area contributed by atoms with Crippen molar-refractivity contribution in [1.29, 1.82) is 0 Å². The largest absolute Gasteiger partial charge is 0.341 e. The van der Waals surface area contributed by atoms with Crippen molar-refractivity contribution in [2.45, 2.75) is 43.8 Å². The van der Waals surface area contributed by atoms with Crippen molar-refractivity contribution < 1.29 is 13.2 Å². The first-order valence-electron chi connectivity index (χ1n) is 9.54. The summed E-state index contributed by atoms with van der Waals surface area (Å²) in [6.07, 6.45) is 5.74. The van der Waals surface area contributed by atoms with E-state index in [0.29, 0.717) is 37.9 Å². The van der Waals surface area contributed by atoms with Gasteiger partial charge in [0.25, 0.3) is 0 Å². The second-order valence-corrected chi connectivity index (χ2v) is 10.3. The molecule has 4 rings (SSSR count). The predicted molar refractivity (Wildman–Crippen MR) is 99.2 cm³/mol. The molecule has 4 fully saturated rings. The molecule has 0 aromatic rings. The van der Waals surface area contributed by atoms with Crippen LogP contribution in [0.15, 0.2) is 0 Å². The highest BCUT2D eigenvalue weighted by atomic mass is 35.5. The van der Waals surface area contributed by atoms with Gasteiger partial charge in [0.15, 0.2) is 0 Å². The van der Waals surface area contributed by atoms with Gasteiger partial charge in [0.2, 0.25) is 15.9 Å². The first kappa shape index (κ1) is 19.4. The van der Waals surface area contributed by atoms with Crippen molar-refractivity contribution in [3.63, 3.8) is 0 Å². The van der Waals surface area contributed by atoms with E-state index in [0.717, 1.165) is 51.7 Å². The molecule has 0 bridgehead atoms. The molecule has 25 heavy (non-hydrogen) atoms. The molecular formula is C17H30ClN3O3S. The lowest BCUT2D eigenvalue weighted by Crippen LogP contribution is -2.50. The van der Waals surface area contributed by atoms with E-state index in [1.54, 1.807) is 4.31 Å². The van der Waals surface area contributed by atoms with Crippen molar-refractivity contribution in [3.05, 3.63) is 0 Å². The van der Waals surface area contributed by atoms with Crippen LogP contribution in [0.4, 0.5) is 0 Å². The second kappa shape index (κ2) is 7.71. The first-order chi connectivity index (χ1) is 11.6. The number of carbonyl (C=O) groups excluding carboxylic acids is 1. The van der Waals surface area contributed by atoms with Crippen LogP contribution in [0.25, 0.3) is 0 Å². The van der Waals surface area contributed by atoms with Crippen LogP contribution in [-0.4, -0.2) is 68.0 Å². The Kier molecular flexibility index (Phi) is 5.98. The highest BCUT2D eigenvalue weighted by Gasteiger charge is 2.45. The van der Waals surface area contributed by atoms with Crippen LogP contribution in [0.1, 0.15) is 38.5 Å². The third-order valence-electron chi connectivity index (χ3n) is 6.53. The van der Waals surface area contributed by atoms with Gasteiger partial charge in [-0.25, -0.2) is 12.7 Å². The van der Waals surface area contributed by atoms with Crippen LogP contribution in [-0.2, 0) is 14.8 Å². The summed E-state index contributed by atoms with van der Waals surface area (Å²) in [5.74, 6) is 1.29. The van der Waals surface area contributed by atoms with Crippen LogP contribution in [0.3, 0.4) is 0 Å². The standard InChI is InChI=1S/C17H29N3O3S.ClH/c21-17(13-4-1-2-5-13)19-7-3-6-16(12-19)24(22,23)20-10-14-8-18-9-15(14)11-20;/h13-16,18H,1-12H2;1H/t14-,15+,16?;. The Hall–Kier alpha value is -0.370. The second-order valence-electron chi connectivity index (χ2n) is 8.07. The predicted octanol–water partition coefficient (Wildman–Crippen LogP) is 1.07. The van der Waals surface area contributed by atoms with Crippen LogP contribution in [0.2, 0.25) is 0 Å². The third-order valence-corrected chi connectivity index (χ3v) is 8.78. The van der Waals surface area contributed by atoms with Crippen molar-refractivity contribution >= 4 is 28.3 Å². The van der Waals surface area contributed by atoms with Crippen molar-refractivity contribution in [2.75, 3.05) is 39.3 Å². The minimum absolute atomic E-state index is 0. The summed E-state index contributed by atoms with van der Waals surface area (Å²) in [5.41, 5.74) is 0. The maximum atomic E-state index is 13.1. The molecule has 6 nitrogen and oxygen atoms in total. The average molecular weight is 392 g/mol. The normalized spacial score (nSPS) is 34.1. The minimum atomic E-state index is -3.28. The summed E-state index contributed by atoms with van der Waals surface area (Å²) in [6, 6.07) is 0. The van der Waals surface area contributed by atoms with E-state index in [4.69, 9.17) is 0 Å². The number of rotatable bonds is 3. The van der Waals surface area contributed by atoms with Crippen LogP contribution >= 0.6 is 12.4 Å². The minimum Gasteiger partial charge on any atom is -0.341 e. The fourth-order valence-electron chi connectivity index (χ4n) is 5.04. The molecule has 0 radical (unpaired) electrons. The molecule has 0 aromatic heterocycles. The Morgan fingerprint density at radius 1 is 0.920 bits per heavy atom. The molecule has 1 N–H and O–H groups in total. The van der Waals surface area contributed by atoms with E-state index in [2.05, 4.69) is 5.32 Å². The zero-order valence-electron chi connectivity index (χ0n) is 14.7. The van der Waals surface area contributed by atoms with Crippen LogP contribution in [0.5, 0.6) is 0 Å². The smallest absolute Gasteiger partial charge is 0.225 e. The van der Waals surface area contributed by atoms with Gasteiger partial charge in [-0.2, -0.15) is 0 Å². The van der Waals surface area contributed by atoms with Gasteiger partial charge in [-0.15, -0.1) is 12.4 Å². The number of likely N-dealkylation sites (tertiary alicyclic amines) is 1. The zero-order chi connectivity index (χ0) is 16.7. The van der Waals surface area contributed by atoms with Crippen LogP contribution < -0.4 is 5.32 Å². The molecule has 8 heteroatoms. The number of piperidine rings is 1. The molecule has 1 saturated carbocycles. The Bertz CT molecular complexity index is 582. The van der Waals surface area contributed by atoms with Crippen molar-refractivity contribution in [2.24, 2.45) is 17.8 Å². The molecule has 4 aliphatic rings. The molecule has 1 amide bonds. The maximum Gasteiger partial charge on any atom is 0.225 e. The summed E-state index contributed by atoms with van der Waals surface area (Å²) < 4.78 is 27.9. The Morgan fingerprint density at radius 2 is 1.56 bits per heavy atom. The molecule has 3 atom stereocenters. The lowest BCUT2D eigenvalue weighted by molar-refractivity contribution is -0.136. The fraction of sp³-hybridized carbons (Fsp3) is 0.941. The number of halogens is 1. The first-order valence-corrected chi connectivity index (χ1v) is 11.0. The van der Waals surface area contributed by atoms with Gasteiger partial charge in [-0.05, 0) is 50.6 Å². The topological polar surface area (TPSA) is 69.7 Å². The number of amides is 1. The van der Waals surface area contributed by atoms with E-state index in [9.17, 15) is 13.2 Å². The zero-order valence-corrected chi connectivity index (χ0v) is 16.4. The van der Waals surface area contributed by atoms with Gasteiger partial charge in [-0.3, -0.25) is 4.79 Å². The molecule has 0 aromatic carbocycles. The summed E-state index contributed by atoms with van der Waals surface area (Å²) in [7, 11) is -3.28. The van der Waals surface area contributed by atoms with Crippen molar-refractivity contribution in [1.82, 2.24) is 14.5 Å². The number of fused-ring (bicyclic) bond motifs is 1. The van der Waals surface area contributed by atoms with E-state index in [-0.39, 0.29) is 24.2 Å². The number of hydrogen-bond donors (Lipinski definition) is 1. The monoisotopic (exact) mass is 391 g/mol. The van der Waals surface area contributed by atoms with Gasteiger partial charge in [-0.1, -0.05) is 12.8 Å². The summed E-state index contributed by atoms with van der Waals surface area (Å²) >= 11 is 0. The molecule has 3 saturated heterocycles. The summed E-state index contributed by atoms with van der Waals surface area (Å²) in [5, 5.41) is 2.96. The summed E-state index contributed by atoms with van der Waals surface area (Å²) in [4.78, 5) is 14.5. The number of hydrogen-bond acceptors (Lipinski definition) is 4. The fourth-order valence-corrected chi connectivity index (χ4v) is 7.10. The number of sulfonamides is 1. The highest BCUT2D eigenvalue weighted by molar-refractivity contribution is 7.89. The molecule has 1 unspecified atom stereocenters. The van der Waals surface area contributed by atoms with E-state index in [1.807, 2.05) is 4.90 Å². The van der Waals surface area contributed by atoms with Crippen molar-refractivity contribution in [3.8, 4) is 0 Å². The van der Waals surface area contributed by atoms with Gasteiger partial charge in [0.05, 0.1) is 5.25 Å². The molecule has 0 spiro atoms. The van der Waals surface area contributed by atoms with Crippen LogP contribution in [0, 0.1) is 17.8 Å².